The molecule has 0 saturated heterocycles. The molecule has 52 heavy (non-hydrogen) atoms. The summed E-state index contributed by atoms with van der Waals surface area (Å²) in [6, 6.07) is 67.7. The van der Waals surface area contributed by atoms with Crippen LogP contribution in [0.15, 0.2) is 188 Å². The van der Waals surface area contributed by atoms with Gasteiger partial charge in [-0.2, -0.15) is 0 Å². The van der Waals surface area contributed by atoms with Gasteiger partial charge in [0, 0.05) is 38.9 Å². The van der Waals surface area contributed by atoms with E-state index in [0.29, 0.717) is 0 Å². The summed E-state index contributed by atoms with van der Waals surface area (Å²) in [5, 5.41) is 2.45. The summed E-state index contributed by atoms with van der Waals surface area (Å²) < 4.78 is 9.60. The second kappa shape index (κ2) is 11.4. The van der Waals surface area contributed by atoms with Crippen LogP contribution in [0, 0.1) is 0 Å². The number of nitrogens with zero attached hydrogens (tertiary/aromatic N) is 2. The SMILES string of the molecule is c1ccc(-c2ccc(N3c4ccc(-c5ccccc5)cc4B4Oc5ccccc5-c5cc6c7ccccc7n(-c7ccccc7)c6c3c54)cc2)cc1. The monoisotopic (exact) mass is 662 g/mol. The zero-order valence-electron chi connectivity index (χ0n) is 28.3. The minimum absolute atomic E-state index is 0.301. The van der Waals surface area contributed by atoms with Crippen molar-refractivity contribution in [3.05, 3.63) is 188 Å². The Morgan fingerprint density at radius 3 is 1.83 bits per heavy atom. The van der Waals surface area contributed by atoms with Crippen LogP contribution in [0.2, 0.25) is 0 Å². The molecular formula is C48H31BN2O. The quantitative estimate of drug-likeness (QED) is 0.175. The van der Waals surface area contributed by atoms with E-state index in [1.165, 1.54) is 55.1 Å². The summed E-state index contributed by atoms with van der Waals surface area (Å²) in [5.41, 5.74) is 16.3. The van der Waals surface area contributed by atoms with Crippen LogP contribution >= 0.6 is 0 Å². The van der Waals surface area contributed by atoms with Crippen LogP contribution in [0.25, 0.3) is 60.9 Å². The molecule has 8 aromatic carbocycles. The van der Waals surface area contributed by atoms with Crippen molar-refractivity contribution in [1.82, 2.24) is 4.57 Å². The molecule has 2 aliphatic heterocycles. The van der Waals surface area contributed by atoms with Crippen LogP contribution in [-0.2, 0) is 0 Å². The van der Waals surface area contributed by atoms with Gasteiger partial charge in [-0.1, -0.05) is 140 Å². The van der Waals surface area contributed by atoms with Crippen molar-refractivity contribution in [1.29, 1.82) is 0 Å². The number of hydrogen-bond acceptors (Lipinski definition) is 2. The van der Waals surface area contributed by atoms with Gasteiger partial charge in [0.1, 0.15) is 5.75 Å². The zero-order chi connectivity index (χ0) is 34.2. The number of aromatic nitrogens is 1. The molecule has 0 radical (unpaired) electrons. The van der Waals surface area contributed by atoms with Gasteiger partial charge in [0.2, 0.25) is 0 Å². The summed E-state index contributed by atoms with van der Waals surface area (Å²) in [6.07, 6.45) is 0. The van der Waals surface area contributed by atoms with Crippen LogP contribution < -0.4 is 20.5 Å². The average Bonchev–Trinajstić information content (AvgIpc) is 3.56. The van der Waals surface area contributed by atoms with E-state index in [2.05, 4.69) is 198 Å². The Balaban J connectivity index is 1.28. The molecule has 3 nitrogen and oxygen atoms in total. The first-order chi connectivity index (χ1) is 25.8. The lowest BCUT2D eigenvalue weighted by Crippen LogP contribution is -2.56. The van der Waals surface area contributed by atoms with E-state index >= 15 is 0 Å². The maximum Gasteiger partial charge on any atom is 0.431 e. The number of benzene rings is 8. The van der Waals surface area contributed by atoms with Gasteiger partial charge in [-0.15, -0.1) is 0 Å². The molecule has 4 heteroatoms. The smallest absolute Gasteiger partial charge is 0.431 e. The summed E-state index contributed by atoms with van der Waals surface area (Å²) in [5.74, 6) is 0.911. The first-order valence-corrected chi connectivity index (χ1v) is 17.9. The van der Waals surface area contributed by atoms with Gasteiger partial charge in [0.05, 0.1) is 16.7 Å². The normalized spacial score (nSPS) is 12.7. The van der Waals surface area contributed by atoms with Crippen molar-refractivity contribution in [2.24, 2.45) is 0 Å². The molecule has 11 rings (SSSR count). The van der Waals surface area contributed by atoms with Crippen molar-refractivity contribution in [2.75, 3.05) is 4.90 Å². The van der Waals surface area contributed by atoms with Crippen molar-refractivity contribution >= 4 is 56.7 Å². The highest BCUT2D eigenvalue weighted by Gasteiger charge is 2.44. The Hall–Kier alpha value is -6.78. The van der Waals surface area contributed by atoms with Gasteiger partial charge in [-0.05, 0) is 81.8 Å². The van der Waals surface area contributed by atoms with Crippen molar-refractivity contribution in [2.45, 2.75) is 0 Å². The van der Waals surface area contributed by atoms with Crippen LogP contribution in [-0.4, -0.2) is 11.5 Å². The molecule has 0 fully saturated rings. The first-order valence-electron chi connectivity index (χ1n) is 17.9. The lowest BCUT2D eigenvalue weighted by atomic mass is 9.49. The van der Waals surface area contributed by atoms with Crippen molar-refractivity contribution in [3.63, 3.8) is 0 Å². The Labute approximate surface area is 302 Å². The average molecular weight is 663 g/mol. The van der Waals surface area contributed by atoms with Crippen molar-refractivity contribution in [3.8, 4) is 44.8 Å². The lowest BCUT2D eigenvalue weighted by Gasteiger charge is -2.40. The van der Waals surface area contributed by atoms with Crippen LogP contribution in [0.4, 0.5) is 17.1 Å². The van der Waals surface area contributed by atoms with Gasteiger partial charge in [0.25, 0.3) is 0 Å². The lowest BCUT2D eigenvalue weighted by molar-refractivity contribution is 0.590. The van der Waals surface area contributed by atoms with Gasteiger partial charge in [-0.3, -0.25) is 0 Å². The van der Waals surface area contributed by atoms with E-state index in [-0.39, 0.29) is 6.92 Å². The topological polar surface area (TPSA) is 17.4 Å². The highest BCUT2D eigenvalue weighted by molar-refractivity contribution is 6.86. The molecule has 0 atom stereocenters. The predicted octanol–water partition coefficient (Wildman–Crippen LogP) is 11.1. The Morgan fingerprint density at radius 2 is 1.06 bits per heavy atom. The molecule has 242 valence electrons. The Kier molecular flexibility index (Phi) is 6.35. The number of fused-ring (bicyclic) bond motifs is 8. The third kappa shape index (κ3) is 4.28. The third-order valence-electron chi connectivity index (χ3n) is 10.8. The number of rotatable bonds is 4. The standard InChI is InChI=1S/C48H31BN2O/c1-4-14-32(15-5-1)34-24-27-37(28-25-34)51-44-29-26-35(33-16-6-2-7-17-33)30-42(44)49-46-40(39-21-11-13-23-45(39)52-49)31-41-38-20-10-12-22-43(38)50(47(41)48(46)51)36-18-8-3-9-19-36/h1-31H. The van der Waals surface area contributed by atoms with E-state index in [4.69, 9.17) is 4.65 Å². The molecule has 9 aromatic rings. The van der Waals surface area contributed by atoms with Crippen LogP contribution in [0.3, 0.4) is 0 Å². The van der Waals surface area contributed by atoms with Crippen LogP contribution in [0.5, 0.6) is 5.75 Å². The summed E-state index contributed by atoms with van der Waals surface area (Å²) >= 11 is 0. The Morgan fingerprint density at radius 1 is 0.442 bits per heavy atom. The van der Waals surface area contributed by atoms with Crippen LogP contribution in [0.1, 0.15) is 0 Å². The maximum absolute atomic E-state index is 7.15. The van der Waals surface area contributed by atoms with E-state index < -0.39 is 0 Å². The highest BCUT2D eigenvalue weighted by Crippen LogP contribution is 2.49. The van der Waals surface area contributed by atoms with E-state index in [0.717, 1.165) is 39.5 Å². The number of hydrogen-bond donors (Lipinski definition) is 0. The van der Waals surface area contributed by atoms with Gasteiger partial charge < -0.3 is 14.1 Å². The molecule has 3 heterocycles. The number of para-hydroxylation sites is 3. The first kappa shape index (κ1) is 29.0. The summed E-state index contributed by atoms with van der Waals surface area (Å²) in [6.45, 7) is -0.301. The fourth-order valence-electron chi connectivity index (χ4n) is 8.48. The predicted molar refractivity (Wildman–Crippen MR) is 217 cm³/mol. The fourth-order valence-corrected chi connectivity index (χ4v) is 8.48. The minimum Gasteiger partial charge on any atom is -0.551 e. The Bertz CT molecular complexity index is 2810. The molecule has 0 bridgehead atoms. The molecule has 0 spiro atoms. The largest absolute Gasteiger partial charge is 0.551 e. The van der Waals surface area contributed by atoms with Gasteiger partial charge in [-0.25, -0.2) is 0 Å². The van der Waals surface area contributed by atoms with Crippen molar-refractivity contribution < 1.29 is 4.65 Å². The van der Waals surface area contributed by atoms with Gasteiger partial charge >= 0.3 is 6.92 Å². The second-order valence-electron chi connectivity index (χ2n) is 13.7. The number of anilines is 3. The molecule has 0 unspecified atom stereocenters. The third-order valence-corrected chi connectivity index (χ3v) is 10.8. The molecule has 0 aliphatic carbocycles. The van der Waals surface area contributed by atoms with Gasteiger partial charge in [0.15, 0.2) is 0 Å². The minimum atomic E-state index is -0.301. The van der Waals surface area contributed by atoms with E-state index in [9.17, 15) is 0 Å². The molecule has 0 N–H and O–H groups in total. The molecule has 1 aromatic heterocycles. The summed E-state index contributed by atoms with van der Waals surface area (Å²) in [7, 11) is 0. The summed E-state index contributed by atoms with van der Waals surface area (Å²) in [4.78, 5) is 2.49. The molecular weight excluding hydrogens is 631 g/mol. The zero-order valence-corrected chi connectivity index (χ0v) is 28.3. The fraction of sp³-hybridized carbons (Fsp3) is 0. The molecule has 0 amide bonds. The highest BCUT2D eigenvalue weighted by atomic mass is 16.4. The van der Waals surface area contributed by atoms with E-state index in [1.807, 2.05) is 0 Å². The molecule has 2 aliphatic rings. The van der Waals surface area contributed by atoms with E-state index in [1.54, 1.807) is 0 Å². The maximum atomic E-state index is 7.15. The molecule has 0 saturated carbocycles. The second-order valence-corrected chi connectivity index (χ2v) is 13.7.